The van der Waals surface area contributed by atoms with Crippen LogP contribution < -0.4 is 34.5 Å². The van der Waals surface area contributed by atoms with E-state index in [1.807, 2.05) is 54.6 Å². The van der Waals surface area contributed by atoms with E-state index in [1.54, 1.807) is 19.0 Å². The quantitative estimate of drug-likeness (QED) is 0.412. The summed E-state index contributed by atoms with van der Waals surface area (Å²) in [6.45, 7) is 0. The van der Waals surface area contributed by atoms with Crippen LogP contribution in [0.15, 0.2) is 54.6 Å². The standard InChI is InChI=1S/C10H17NO2P.C5H5.Fe.Na/c1-11(2)9-14(12,13)8-7-10-5-3-4-6-10;1-2-4-5-3-1;;/h3-6H,7-9H2,1-2H3,(H,12,13);1-5H;;/q2*-1;+2;+1/p-1. The monoisotopic (exact) mass is 357 g/mol. The van der Waals surface area contributed by atoms with Gasteiger partial charge in [0.2, 0.25) is 0 Å². The Bertz CT molecular complexity index is 455. The van der Waals surface area contributed by atoms with Crippen LogP contribution in [0.4, 0.5) is 0 Å². The van der Waals surface area contributed by atoms with E-state index >= 15 is 0 Å². The van der Waals surface area contributed by atoms with Gasteiger partial charge >= 0.3 is 46.6 Å². The molecule has 3 nitrogen and oxygen atoms in total. The molecule has 1 unspecified atom stereocenters. The number of rotatable bonds is 5. The van der Waals surface area contributed by atoms with E-state index in [-0.39, 0.29) is 59.1 Å². The van der Waals surface area contributed by atoms with Crippen LogP contribution in [0.5, 0.6) is 0 Å². The second kappa shape index (κ2) is 12.9. The minimum atomic E-state index is -3.21. The fourth-order valence-electron chi connectivity index (χ4n) is 1.70. The molecule has 2 aromatic carbocycles. The average molecular weight is 357 g/mol. The molecule has 0 fully saturated rings. The molecule has 21 heavy (non-hydrogen) atoms. The molecule has 0 aliphatic rings. The molecule has 0 radical (unpaired) electrons. The SMILES string of the molecule is CN(C)CP(=O)([O-])CC[c-]1cccc1.[Fe+2].[Na+].c1cc[cH-]c1. The molecular formula is C15H21FeNNaO2P. The van der Waals surface area contributed by atoms with E-state index in [0.717, 1.165) is 5.56 Å². The van der Waals surface area contributed by atoms with Crippen molar-refractivity contribution >= 4 is 7.37 Å². The maximum Gasteiger partial charge on any atom is 2.00 e. The fourth-order valence-corrected chi connectivity index (χ4v) is 3.30. The molecule has 6 heteroatoms. The first-order chi connectivity index (χ1) is 8.99. The van der Waals surface area contributed by atoms with Gasteiger partial charge in [0.15, 0.2) is 0 Å². The summed E-state index contributed by atoms with van der Waals surface area (Å²) in [7, 11) is 0.328. The summed E-state index contributed by atoms with van der Waals surface area (Å²) < 4.78 is 11.5. The zero-order valence-corrected chi connectivity index (χ0v) is 16.9. The van der Waals surface area contributed by atoms with Gasteiger partial charge in [-0.25, -0.2) is 24.3 Å². The Labute approximate surface area is 160 Å². The molecule has 0 bridgehead atoms. The molecule has 0 N–H and O–H groups in total. The maximum atomic E-state index is 11.5. The van der Waals surface area contributed by atoms with Crippen molar-refractivity contribution in [1.29, 1.82) is 0 Å². The zero-order chi connectivity index (χ0) is 14.1. The van der Waals surface area contributed by atoms with Gasteiger partial charge in [0, 0.05) is 13.7 Å². The van der Waals surface area contributed by atoms with Crippen molar-refractivity contribution in [2.24, 2.45) is 0 Å². The van der Waals surface area contributed by atoms with Crippen molar-refractivity contribution in [1.82, 2.24) is 4.90 Å². The molecule has 2 aromatic rings. The third-order valence-corrected chi connectivity index (χ3v) is 4.43. The molecule has 0 aliphatic heterocycles. The summed E-state index contributed by atoms with van der Waals surface area (Å²) in [4.78, 5) is 13.2. The zero-order valence-electron chi connectivity index (χ0n) is 12.9. The van der Waals surface area contributed by atoms with Crippen LogP contribution in [0.1, 0.15) is 5.56 Å². The van der Waals surface area contributed by atoms with Crippen LogP contribution in [0.3, 0.4) is 0 Å². The Kier molecular flexibility index (Phi) is 14.5. The molecule has 0 saturated carbocycles. The second-order valence-corrected chi connectivity index (χ2v) is 7.12. The van der Waals surface area contributed by atoms with Crippen molar-refractivity contribution in [3.05, 3.63) is 60.2 Å². The van der Waals surface area contributed by atoms with Gasteiger partial charge in [0.05, 0.1) is 0 Å². The van der Waals surface area contributed by atoms with Crippen molar-refractivity contribution in [3.8, 4) is 0 Å². The van der Waals surface area contributed by atoms with Crippen LogP contribution in [-0.4, -0.2) is 31.4 Å². The van der Waals surface area contributed by atoms with Gasteiger partial charge in [-0.1, -0.05) is 6.42 Å². The summed E-state index contributed by atoms with van der Waals surface area (Å²) in [6.07, 6.45) is 1.05. The first kappa shape index (κ1) is 23.6. The fraction of sp³-hybridized carbons (Fsp3) is 0.333. The van der Waals surface area contributed by atoms with Gasteiger partial charge in [-0.2, -0.15) is 35.9 Å². The van der Waals surface area contributed by atoms with E-state index < -0.39 is 7.37 Å². The molecule has 0 aromatic heterocycles. The van der Waals surface area contributed by atoms with Crippen molar-refractivity contribution < 1.29 is 56.1 Å². The summed E-state index contributed by atoms with van der Waals surface area (Å²) in [6, 6.07) is 17.8. The van der Waals surface area contributed by atoms with E-state index in [9.17, 15) is 9.46 Å². The third-order valence-electron chi connectivity index (χ3n) is 2.53. The molecule has 0 saturated heterocycles. The predicted molar refractivity (Wildman–Crippen MR) is 78.8 cm³/mol. The van der Waals surface area contributed by atoms with E-state index in [2.05, 4.69) is 0 Å². The Morgan fingerprint density at radius 3 is 2.05 bits per heavy atom. The molecule has 0 spiro atoms. The van der Waals surface area contributed by atoms with Gasteiger partial charge in [-0.15, -0.1) is 0 Å². The first-order valence-electron chi connectivity index (χ1n) is 6.31. The third kappa shape index (κ3) is 12.6. The van der Waals surface area contributed by atoms with Crippen LogP contribution in [-0.2, 0) is 28.1 Å². The van der Waals surface area contributed by atoms with E-state index in [4.69, 9.17) is 0 Å². The topological polar surface area (TPSA) is 43.4 Å². The molecule has 0 amide bonds. The second-order valence-electron chi connectivity index (χ2n) is 4.76. The first-order valence-corrected chi connectivity index (χ1v) is 8.30. The minimum absolute atomic E-state index is 0. The Hall–Kier alpha value is 0.369. The smallest absolute Gasteiger partial charge is 0.798 e. The van der Waals surface area contributed by atoms with Crippen molar-refractivity contribution in [2.45, 2.75) is 6.42 Å². The number of aryl methyl sites for hydroxylation is 1. The van der Waals surface area contributed by atoms with Gasteiger partial charge < -0.3 is 14.4 Å². The Morgan fingerprint density at radius 1 is 1.14 bits per heavy atom. The Balaban J connectivity index is 0. The summed E-state index contributed by atoms with van der Waals surface area (Å²) in [5.74, 6) is 0. The summed E-state index contributed by atoms with van der Waals surface area (Å²) in [5.41, 5.74) is 1.10. The average Bonchev–Trinajstić information content (AvgIpc) is 3.01. The largest absolute Gasteiger partial charge is 2.00 e. The molecular weight excluding hydrogens is 336 g/mol. The van der Waals surface area contributed by atoms with Gasteiger partial charge in [-0.05, 0) is 20.3 Å². The van der Waals surface area contributed by atoms with E-state index in [1.165, 1.54) is 0 Å². The predicted octanol–water partition coefficient (Wildman–Crippen LogP) is -0.487. The maximum absolute atomic E-state index is 11.5. The summed E-state index contributed by atoms with van der Waals surface area (Å²) in [5, 5.41) is 0. The Morgan fingerprint density at radius 2 is 1.67 bits per heavy atom. The number of nitrogens with zero attached hydrogens (tertiary/aromatic N) is 1. The molecule has 0 aliphatic carbocycles. The van der Waals surface area contributed by atoms with Crippen molar-refractivity contribution in [3.63, 3.8) is 0 Å². The molecule has 1 atom stereocenters. The summed E-state index contributed by atoms with van der Waals surface area (Å²) >= 11 is 0. The van der Waals surface area contributed by atoms with E-state index in [0.29, 0.717) is 6.42 Å². The molecule has 2 rings (SSSR count). The van der Waals surface area contributed by atoms with Crippen LogP contribution in [0, 0.1) is 0 Å². The van der Waals surface area contributed by atoms with Crippen LogP contribution >= 0.6 is 7.37 Å². The normalized spacial score (nSPS) is 12.4. The van der Waals surface area contributed by atoms with Gasteiger partial charge in [-0.3, -0.25) is 0 Å². The molecule has 0 heterocycles. The number of hydrogen-bond donors (Lipinski definition) is 0. The van der Waals surface area contributed by atoms with Crippen molar-refractivity contribution in [2.75, 3.05) is 26.5 Å². The van der Waals surface area contributed by atoms with Gasteiger partial charge in [0.1, 0.15) is 0 Å². The van der Waals surface area contributed by atoms with Crippen LogP contribution in [0.25, 0.3) is 0 Å². The van der Waals surface area contributed by atoms with Gasteiger partial charge in [0.25, 0.3) is 0 Å². The number of hydrogen-bond acceptors (Lipinski definition) is 3. The van der Waals surface area contributed by atoms with Crippen LogP contribution in [0.2, 0.25) is 0 Å². The molecule has 112 valence electrons. The minimum Gasteiger partial charge on any atom is -0.798 e.